The Morgan fingerprint density at radius 2 is 2.04 bits per heavy atom. The Morgan fingerprint density at radius 3 is 2.75 bits per heavy atom. The van der Waals surface area contributed by atoms with Gasteiger partial charge in [0.05, 0.1) is 18.5 Å². The van der Waals surface area contributed by atoms with Crippen molar-refractivity contribution in [2.45, 2.75) is 19.9 Å². The van der Waals surface area contributed by atoms with Crippen molar-refractivity contribution in [2.24, 2.45) is 0 Å². The van der Waals surface area contributed by atoms with Gasteiger partial charge in [0.2, 0.25) is 0 Å². The molecule has 126 valence electrons. The largest absolute Gasteiger partial charge is 0.395 e. The van der Waals surface area contributed by atoms with Crippen LogP contribution in [0.5, 0.6) is 0 Å². The summed E-state index contributed by atoms with van der Waals surface area (Å²) in [6.45, 7) is 4.17. The Hall–Kier alpha value is -2.02. The van der Waals surface area contributed by atoms with Crippen LogP contribution in [-0.2, 0) is 6.54 Å². The highest BCUT2D eigenvalue weighted by molar-refractivity contribution is 7.17. The van der Waals surface area contributed by atoms with Gasteiger partial charge in [0.25, 0.3) is 5.56 Å². The maximum atomic E-state index is 12.6. The van der Waals surface area contributed by atoms with Gasteiger partial charge in [-0.1, -0.05) is 37.3 Å². The predicted octanol–water partition coefficient (Wildman–Crippen LogP) is 2.86. The molecular formula is C18H21N3O2S. The van der Waals surface area contributed by atoms with Crippen LogP contribution in [0.1, 0.15) is 19.2 Å². The molecule has 0 amide bonds. The number of fused-ring (bicyclic) bond motifs is 1. The summed E-state index contributed by atoms with van der Waals surface area (Å²) >= 11 is 1.49. The SMILES string of the molecule is CCCN(CCO)Cc1nc2scc(-c3ccccc3)c2c(=O)[nH]1. The van der Waals surface area contributed by atoms with Gasteiger partial charge in [0.15, 0.2) is 0 Å². The molecule has 0 radical (unpaired) electrons. The summed E-state index contributed by atoms with van der Waals surface area (Å²) in [4.78, 5) is 23.0. The van der Waals surface area contributed by atoms with E-state index >= 15 is 0 Å². The van der Waals surface area contributed by atoms with E-state index in [0.717, 1.165) is 28.9 Å². The molecule has 2 N–H and O–H groups in total. The van der Waals surface area contributed by atoms with E-state index in [1.54, 1.807) is 0 Å². The van der Waals surface area contributed by atoms with Crippen LogP contribution in [0.3, 0.4) is 0 Å². The van der Waals surface area contributed by atoms with E-state index in [4.69, 9.17) is 5.11 Å². The van der Waals surface area contributed by atoms with Crippen molar-refractivity contribution in [1.82, 2.24) is 14.9 Å². The monoisotopic (exact) mass is 343 g/mol. The van der Waals surface area contributed by atoms with Crippen LogP contribution in [0.15, 0.2) is 40.5 Å². The molecule has 0 saturated carbocycles. The third-order valence-corrected chi connectivity index (χ3v) is 4.78. The highest BCUT2D eigenvalue weighted by Gasteiger charge is 2.14. The summed E-state index contributed by atoms with van der Waals surface area (Å²) in [5.74, 6) is 0.649. The maximum Gasteiger partial charge on any atom is 0.260 e. The Bertz CT molecular complexity index is 852. The molecule has 24 heavy (non-hydrogen) atoms. The summed E-state index contributed by atoms with van der Waals surface area (Å²) in [5, 5.41) is 11.8. The van der Waals surface area contributed by atoms with Crippen molar-refractivity contribution in [3.8, 4) is 11.1 Å². The molecule has 3 rings (SSSR count). The zero-order valence-electron chi connectivity index (χ0n) is 13.7. The number of benzene rings is 1. The van der Waals surface area contributed by atoms with Crippen LogP contribution in [0, 0.1) is 0 Å². The summed E-state index contributed by atoms with van der Waals surface area (Å²) in [7, 11) is 0. The van der Waals surface area contributed by atoms with Crippen LogP contribution in [0.2, 0.25) is 0 Å². The van der Waals surface area contributed by atoms with Gasteiger partial charge in [-0.3, -0.25) is 9.69 Å². The quantitative estimate of drug-likeness (QED) is 0.692. The summed E-state index contributed by atoms with van der Waals surface area (Å²) in [5.41, 5.74) is 1.85. The van der Waals surface area contributed by atoms with Gasteiger partial charge in [0, 0.05) is 17.5 Å². The molecule has 2 heterocycles. The summed E-state index contributed by atoms with van der Waals surface area (Å²) in [6, 6.07) is 9.89. The fourth-order valence-electron chi connectivity index (χ4n) is 2.84. The van der Waals surface area contributed by atoms with Crippen molar-refractivity contribution in [1.29, 1.82) is 0 Å². The number of hydrogen-bond donors (Lipinski definition) is 2. The molecule has 0 aliphatic carbocycles. The van der Waals surface area contributed by atoms with Gasteiger partial charge in [-0.05, 0) is 18.5 Å². The van der Waals surface area contributed by atoms with Crippen molar-refractivity contribution < 1.29 is 5.11 Å². The van der Waals surface area contributed by atoms with E-state index < -0.39 is 0 Å². The number of aromatic amines is 1. The Morgan fingerprint density at radius 1 is 1.25 bits per heavy atom. The second-order valence-electron chi connectivity index (χ2n) is 5.71. The normalized spacial score (nSPS) is 11.5. The predicted molar refractivity (Wildman–Crippen MR) is 98.3 cm³/mol. The topological polar surface area (TPSA) is 69.2 Å². The number of thiophene rings is 1. The lowest BCUT2D eigenvalue weighted by molar-refractivity contribution is 0.187. The van der Waals surface area contributed by atoms with Crippen molar-refractivity contribution >= 4 is 21.6 Å². The summed E-state index contributed by atoms with van der Waals surface area (Å²) < 4.78 is 0. The van der Waals surface area contributed by atoms with Crippen LogP contribution >= 0.6 is 11.3 Å². The average molecular weight is 343 g/mol. The van der Waals surface area contributed by atoms with E-state index in [2.05, 4.69) is 21.8 Å². The number of aliphatic hydroxyl groups is 1. The fraction of sp³-hybridized carbons (Fsp3) is 0.333. The van der Waals surface area contributed by atoms with Crippen molar-refractivity contribution in [3.05, 3.63) is 51.9 Å². The van der Waals surface area contributed by atoms with Gasteiger partial charge in [-0.2, -0.15) is 0 Å². The van der Waals surface area contributed by atoms with Gasteiger partial charge < -0.3 is 10.1 Å². The lowest BCUT2D eigenvalue weighted by Crippen LogP contribution is -2.29. The van der Waals surface area contributed by atoms with Crippen molar-refractivity contribution in [3.63, 3.8) is 0 Å². The fourth-order valence-corrected chi connectivity index (χ4v) is 3.80. The number of nitrogens with zero attached hydrogens (tertiary/aromatic N) is 2. The molecule has 0 aliphatic rings. The molecule has 2 aromatic heterocycles. The van der Waals surface area contributed by atoms with Crippen LogP contribution in [-0.4, -0.2) is 39.7 Å². The minimum Gasteiger partial charge on any atom is -0.395 e. The second-order valence-corrected chi connectivity index (χ2v) is 6.57. The molecule has 0 fully saturated rings. The van der Waals surface area contributed by atoms with E-state index in [1.807, 2.05) is 35.7 Å². The van der Waals surface area contributed by atoms with Gasteiger partial charge in [0.1, 0.15) is 10.7 Å². The number of aromatic nitrogens is 2. The smallest absolute Gasteiger partial charge is 0.260 e. The third kappa shape index (κ3) is 3.56. The lowest BCUT2D eigenvalue weighted by atomic mass is 10.1. The molecule has 6 heteroatoms. The molecule has 1 aromatic carbocycles. The second kappa shape index (κ2) is 7.70. The third-order valence-electron chi connectivity index (χ3n) is 3.91. The summed E-state index contributed by atoms with van der Waals surface area (Å²) in [6.07, 6.45) is 0.990. The molecule has 0 aliphatic heterocycles. The zero-order valence-corrected chi connectivity index (χ0v) is 14.5. The first-order valence-electron chi connectivity index (χ1n) is 8.12. The minimum absolute atomic E-state index is 0.101. The van der Waals surface area contributed by atoms with Crippen LogP contribution in [0.25, 0.3) is 21.3 Å². The highest BCUT2D eigenvalue weighted by Crippen LogP contribution is 2.30. The molecule has 0 unspecified atom stereocenters. The van der Waals surface area contributed by atoms with Crippen LogP contribution in [0.4, 0.5) is 0 Å². The van der Waals surface area contributed by atoms with Crippen molar-refractivity contribution in [2.75, 3.05) is 19.7 Å². The minimum atomic E-state index is -0.101. The first-order valence-corrected chi connectivity index (χ1v) is 9.00. The number of nitrogens with one attached hydrogen (secondary N) is 1. The van der Waals surface area contributed by atoms with Crippen LogP contribution < -0.4 is 5.56 Å². The Kier molecular flexibility index (Phi) is 5.40. The van der Waals surface area contributed by atoms with E-state index in [9.17, 15) is 4.79 Å². The Balaban J connectivity index is 1.96. The standard InChI is InChI=1S/C18H21N3O2S/c1-2-8-21(9-10-22)11-15-19-17(23)16-14(12-24-18(16)20-15)13-6-4-3-5-7-13/h3-7,12,22H,2,8-11H2,1H3,(H,19,20,23). The number of hydrogen-bond acceptors (Lipinski definition) is 5. The average Bonchev–Trinajstić information content (AvgIpc) is 3.00. The molecule has 0 saturated heterocycles. The van der Waals surface area contributed by atoms with E-state index in [1.165, 1.54) is 11.3 Å². The number of rotatable bonds is 7. The molecule has 0 atom stereocenters. The number of aliphatic hydroxyl groups excluding tert-OH is 1. The Labute approximate surface area is 144 Å². The van der Waals surface area contributed by atoms with E-state index in [-0.39, 0.29) is 12.2 Å². The zero-order chi connectivity index (χ0) is 16.9. The molecule has 5 nitrogen and oxygen atoms in total. The van der Waals surface area contributed by atoms with Gasteiger partial charge in [-0.15, -0.1) is 11.3 Å². The van der Waals surface area contributed by atoms with Gasteiger partial charge >= 0.3 is 0 Å². The van der Waals surface area contributed by atoms with E-state index in [0.29, 0.717) is 24.3 Å². The molecule has 0 bridgehead atoms. The molecule has 0 spiro atoms. The first kappa shape index (κ1) is 16.8. The lowest BCUT2D eigenvalue weighted by Gasteiger charge is -2.19. The highest BCUT2D eigenvalue weighted by atomic mass is 32.1. The first-order chi connectivity index (χ1) is 11.7. The van der Waals surface area contributed by atoms with Gasteiger partial charge in [-0.25, -0.2) is 4.98 Å². The molecule has 3 aromatic rings. The maximum absolute atomic E-state index is 12.6. The molecular weight excluding hydrogens is 322 g/mol. The number of H-pyrrole nitrogens is 1.